The monoisotopic (exact) mass is 396 g/mol. The van der Waals surface area contributed by atoms with Gasteiger partial charge in [-0.25, -0.2) is 9.97 Å². The Hall–Kier alpha value is -3.03. The lowest BCUT2D eigenvalue weighted by molar-refractivity contribution is 0.102. The molecule has 0 aliphatic carbocycles. The van der Waals surface area contributed by atoms with Crippen LogP contribution in [0.3, 0.4) is 0 Å². The number of rotatable bonds is 4. The van der Waals surface area contributed by atoms with Gasteiger partial charge in [-0.3, -0.25) is 19.5 Å². The molecule has 0 radical (unpaired) electrons. The van der Waals surface area contributed by atoms with E-state index in [1.165, 1.54) is 15.9 Å². The number of hydrogen-bond acceptors (Lipinski definition) is 5. The van der Waals surface area contributed by atoms with Crippen LogP contribution in [0, 0.1) is 0 Å². The molecule has 0 aliphatic rings. The van der Waals surface area contributed by atoms with Crippen molar-refractivity contribution in [1.29, 1.82) is 0 Å². The third kappa shape index (κ3) is 3.60. The first-order chi connectivity index (χ1) is 13.1. The summed E-state index contributed by atoms with van der Waals surface area (Å²) in [6.07, 6.45) is 3.21. The SMILES string of the molecule is O=C(Nc1nccs1)c1cc2cccnc2n(Cc2ccc(Cl)cc2)c1=O. The fraction of sp³-hybridized carbons (Fsp3) is 0.0526. The molecule has 1 amide bonds. The van der Waals surface area contributed by atoms with E-state index in [4.69, 9.17) is 11.6 Å². The summed E-state index contributed by atoms with van der Waals surface area (Å²) < 4.78 is 1.50. The Morgan fingerprint density at radius 3 is 2.70 bits per heavy atom. The van der Waals surface area contributed by atoms with E-state index in [1.54, 1.807) is 42.0 Å². The molecule has 4 aromatic rings. The average molecular weight is 397 g/mol. The normalized spacial score (nSPS) is 10.9. The van der Waals surface area contributed by atoms with Gasteiger partial charge >= 0.3 is 0 Å². The smallest absolute Gasteiger partial charge is 0.265 e. The standard InChI is InChI=1S/C19H13ClN4O2S/c20-14-5-3-12(4-6-14)11-24-16-13(2-1-7-21-16)10-15(18(24)26)17(25)23-19-22-8-9-27-19/h1-10H,11H2,(H,22,23,25). The zero-order valence-corrected chi connectivity index (χ0v) is 15.5. The maximum Gasteiger partial charge on any atom is 0.265 e. The van der Waals surface area contributed by atoms with E-state index in [-0.39, 0.29) is 12.1 Å². The van der Waals surface area contributed by atoms with E-state index in [9.17, 15) is 9.59 Å². The third-order valence-corrected chi connectivity index (χ3v) is 4.94. The van der Waals surface area contributed by atoms with Crippen molar-refractivity contribution >= 4 is 45.0 Å². The highest BCUT2D eigenvalue weighted by atomic mass is 35.5. The largest absolute Gasteiger partial charge is 0.298 e. The number of nitrogens with one attached hydrogen (secondary N) is 1. The number of pyridine rings is 2. The Morgan fingerprint density at radius 1 is 1.15 bits per heavy atom. The minimum absolute atomic E-state index is 0.0414. The van der Waals surface area contributed by atoms with E-state index in [2.05, 4.69) is 15.3 Å². The lowest BCUT2D eigenvalue weighted by Crippen LogP contribution is -2.30. The number of aromatic nitrogens is 3. The van der Waals surface area contributed by atoms with Gasteiger partial charge in [-0.1, -0.05) is 23.7 Å². The fourth-order valence-corrected chi connectivity index (χ4v) is 3.39. The number of anilines is 1. The lowest BCUT2D eigenvalue weighted by atomic mass is 10.1. The number of nitrogens with zero attached hydrogens (tertiary/aromatic N) is 3. The van der Waals surface area contributed by atoms with Crippen molar-refractivity contribution in [2.75, 3.05) is 5.32 Å². The molecule has 0 spiro atoms. The maximum absolute atomic E-state index is 13.0. The van der Waals surface area contributed by atoms with E-state index >= 15 is 0 Å². The Bertz CT molecular complexity index is 1170. The Kier molecular flexibility index (Phi) is 4.70. The van der Waals surface area contributed by atoms with E-state index in [0.717, 1.165) is 5.56 Å². The molecule has 0 aliphatic heterocycles. The molecule has 0 atom stereocenters. The maximum atomic E-state index is 13.0. The van der Waals surface area contributed by atoms with Gasteiger partial charge in [0.1, 0.15) is 11.2 Å². The average Bonchev–Trinajstić information content (AvgIpc) is 3.18. The number of fused-ring (bicyclic) bond motifs is 1. The number of amides is 1. The molecule has 0 fully saturated rings. The van der Waals surface area contributed by atoms with Gasteiger partial charge in [-0.2, -0.15) is 0 Å². The highest BCUT2D eigenvalue weighted by Crippen LogP contribution is 2.16. The van der Waals surface area contributed by atoms with Crippen molar-refractivity contribution in [2.24, 2.45) is 0 Å². The van der Waals surface area contributed by atoms with E-state index in [1.807, 2.05) is 18.2 Å². The first-order valence-corrected chi connectivity index (χ1v) is 9.31. The predicted molar refractivity (Wildman–Crippen MR) is 107 cm³/mol. The summed E-state index contributed by atoms with van der Waals surface area (Å²) in [6, 6.07) is 12.3. The molecule has 6 nitrogen and oxygen atoms in total. The van der Waals surface area contributed by atoms with Crippen LogP contribution in [0.4, 0.5) is 5.13 Å². The minimum Gasteiger partial charge on any atom is -0.298 e. The summed E-state index contributed by atoms with van der Waals surface area (Å²) in [5, 5.41) is 6.17. The minimum atomic E-state index is -0.495. The predicted octanol–water partition coefficient (Wildman–Crippen LogP) is 3.81. The molecule has 0 saturated heterocycles. The van der Waals surface area contributed by atoms with Crippen LogP contribution in [0.1, 0.15) is 15.9 Å². The Balaban J connectivity index is 1.81. The highest BCUT2D eigenvalue weighted by molar-refractivity contribution is 7.13. The summed E-state index contributed by atoms with van der Waals surface area (Å²) in [5.74, 6) is -0.495. The second-order valence-corrected chi connectivity index (χ2v) is 7.11. The van der Waals surface area contributed by atoms with Gasteiger partial charge in [0, 0.05) is 28.2 Å². The van der Waals surface area contributed by atoms with Crippen LogP contribution in [-0.4, -0.2) is 20.4 Å². The number of thiazole rings is 1. The molecule has 1 N–H and O–H groups in total. The van der Waals surface area contributed by atoms with E-state index in [0.29, 0.717) is 21.2 Å². The van der Waals surface area contributed by atoms with Crippen molar-refractivity contribution in [2.45, 2.75) is 6.54 Å². The zero-order chi connectivity index (χ0) is 18.8. The van der Waals surface area contributed by atoms with Crippen molar-refractivity contribution in [3.8, 4) is 0 Å². The van der Waals surface area contributed by atoms with Crippen LogP contribution in [-0.2, 0) is 6.54 Å². The Labute approximate surface area is 163 Å². The first kappa shape index (κ1) is 17.4. The summed E-state index contributed by atoms with van der Waals surface area (Å²) in [5.41, 5.74) is 1.03. The van der Waals surface area contributed by atoms with E-state index < -0.39 is 11.5 Å². The van der Waals surface area contributed by atoms with Gasteiger partial charge < -0.3 is 0 Å². The van der Waals surface area contributed by atoms with Gasteiger partial charge in [-0.05, 0) is 35.9 Å². The molecule has 4 rings (SSSR count). The molecule has 0 saturated carbocycles. The van der Waals surface area contributed by atoms with Crippen molar-refractivity contribution < 1.29 is 4.79 Å². The van der Waals surface area contributed by atoms with Gasteiger partial charge in [0.05, 0.1) is 6.54 Å². The number of hydrogen-bond donors (Lipinski definition) is 1. The summed E-state index contributed by atoms with van der Waals surface area (Å²) in [6.45, 7) is 0.280. The van der Waals surface area contributed by atoms with Crippen LogP contribution in [0.15, 0.2) is 65.0 Å². The number of carbonyl (C=O) groups is 1. The van der Waals surface area contributed by atoms with Crippen LogP contribution in [0.5, 0.6) is 0 Å². The molecule has 27 heavy (non-hydrogen) atoms. The zero-order valence-electron chi connectivity index (χ0n) is 13.9. The molecule has 134 valence electrons. The molecular formula is C19H13ClN4O2S. The molecule has 0 bridgehead atoms. The number of benzene rings is 1. The Morgan fingerprint density at radius 2 is 1.96 bits per heavy atom. The van der Waals surface area contributed by atoms with Gasteiger partial charge in [0.2, 0.25) is 0 Å². The molecular weight excluding hydrogens is 384 g/mol. The van der Waals surface area contributed by atoms with Crippen LogP contribution < -0.4 is 10.9 Å². The van der Waals surface area contributed by atoms with Crippen LogP contribution in [0.2, 0.25) is 5.02 Å². The van der Waals surface area contributed by atoms with Crippen molar-refractivity contribution in [3.63, 3.8) is 0 Å². The lowest BCUT2D eigenvalue weighted by Gasteiger charge is -2.12. The third-order valence-electron chi connectivity index (χ3n) is 4.00. The summed E-state index contributed by atoms with van der Waals surface area (Å²) in [4.78, 5) is 34.0. The van der Waals surface area contributed by atoms with Crippen molar-refractivity contribution in [1.82, 2.24) is 14.5 Å². The molecule has 1 aromatic carbocycles. The molecule has 8 heteroatoms. The van der Waals surface area contributed by atoms with Crippen molar-refractivity contribution in [3.05, 3.63) is 86.7 Å². The quantitative estimate of drug-likeness (QED) is 0.569. The topological polar surface area (TPSA) is 76.9 Å². The summed E-state index contributed by atoms with van der Waals surface area (Å²) >= 11 is 7.22. The second-order valence-electron chi connectivity index (χ2n) is 5.78. The van der Waals surface area contributed by atoms with Crippen LogP contribution in [0.25, 0.3) is 11.0 Å². The van der Waals surface area contributed by atoms with Gasteiger partial charge in [0.25, 0.3) is 11.5 Å². The fourth-order valence-electron chi connectivity index (χ4n) is 2.74. The number of carbonyl (C=O) groups excluding carboxylic acids is 1. The van der Waals surface area contributed by atoms with Crippen LogP contribution >= 0.6 is 22.9 Å². The molecule has 3 aromatic heterocycles. The molecule has 0 unspecified atom stereocenters. The highest BCUT2D eigenvalue weighted by Gasteiger charge is 2.17. The molecule has 3 heterocycles. The van der Waals surface area contributed by atoms with Gasteiger partial charge in [-0.15, -0.1) is 11.3 Å². The second kappa shape index (κ2) is 7.30. The first-order valence-electron chi connectivity index (χ1n) is 8.06. The number of halogens is 1. The summed E-state index contributed by atoms with van der Waals surface area (Å²) in [7, 11) is 0. The van der Waals surface area contributed by atoms with Gasteiger partial charge in [0.15, 0.2) is 5.13 Å².